The van der Waals surface area contributed by atoms with Gasteiger partial charge in [0.2, 0.25) is 0 Å². The van der Waals surface area contributed by atoms with E-state index < -0.39 is 0 Å². The van der Waals surface area contributed by atoms with Crippen molar-refractivity contribution in [3.63, 3.8) is 0 Å². The molecule has 0 radical (unpaired) electrons. The van der Waals surface area contributed by atoms with Gasteiger partial charge in [-0.2, -0.15) is 0 Å². The fourth-order valence-electron chi connectivity index (χ4n) is 1.63. The van der Waals surface area contributed by atoms with E-state index in [1.807, 2.05) is 30.3 Å². The third-order valence-corrected chi connectivity index (χ3v) is 2.32. The molecule has 2 aromatic carbocycles. The quantitative estimate of drug-likeness (QED) is 0.680. The van der Waals surface area contributed by atoms with Gasteiger partial charge < -0.3 is 0 Å². The Labute approximate surface area is 77.7 Å². The summed E-state index contributed by atoms with van der Waals surface area (Å²) in [7, 11) is 0. The van der Waals surface area contributed by atoms with E-state index in [1.54, 1.807) is 0 Å². The second-order valence-corrected chi connectivity index (χ2v) is 3.64. The van der Waals surface area contributed by atoms with Crippen molar-refractivity contribution < 1.29 is 0 Å². The van der Waals surface area contributed by atoms with Crippen LogP contribution in [-0.4, -0.2) is 0 Å². The summed E-state index contributed by atoms with van der Waals surface area (Å²) in [6.07, 6.45) is 0. The standard InChI is InChI=1S/C12H12O/c1-8(2)10-11(12(10)13)9-6-4-3-5-7-9/h3-8H,1-2H3. The van der Waals surface area contributed by atoms with Gasteiger partial charge in [0.15, 0.2) is 5.43 Å². The first-order valence-electron chi connectivity index (χ1n) is 4.56. The molecule has 0 aliphatic carbocycles. The summed E-state index contributed by atoms with van der Waals surface area (Å²) in [5.41, 5.74) is 3.26. The highest BCUT2D eigenvalue weighted by molar-refractivity contribution is 5.76. The van der Waals surface area contributed by atoms with Crippen LogP contribution >= 0.6 is 0 Å². The van der Waals surface area contributed by atoms with E-state index in [4.69, 9.17) is 0 Å². The lowest BCUT2D eigenvalue weighted by atomic mass is 10.1. The molecule has 0 spiro atoms. The number of hydrogen-bond donors (Lipinski definition) is 0. The summed E-state index contributed by atoms with van der Waals surface area (Å²) in [5.74, 6) is 0.364. The Morgan fingerprint density at radius 1 is 1.08 bits per heavy atom. The monoisotopic (exact) mass is 172 g/mol. The zero-order valence-corrected chi connectivity index (χ0v) is 7.87. The highest BCUT2D eigenvalue weighted by Gasteiger charge is 2.25. The molecule has 0 aromatic heterocycles. The van der Waals surface area contributed by atoms with Crippen LogP contribution in [0.4, 0.5) is 0 Å². The summed E-state index contributed by atoms with van der Waals surface area (Å²) in [6, 6.07) is 9.87. The van der Waals surface area contributed by atoms with Crippen LogP contribution in [0, 0.1) is 0 Å². The molecular weight excluding hydrogens is 160 g/mol. The molecule has 1 heteroatoms. The van der Waals surface area contributed by atoms with Crippen LogP contribution in [0.15, 0.2) is 35.1 Å². The highest BCUT2D eigenvalue weighted by Crippen LogP contribution is 2.30. The lowest BCUT2D eigenvalue weighted by Crippen LogP contribution is -1.83. The second-order valence-electron chi connectivity index (χ2n) is 3.64. The Bertz CT molecular complexity index is 417. The van der Waals surface area contributed by atoms with Crippen molar-refractivity contribution in [2.45, 2.75) is 19.8 Å². The second kappa shape index (κ2) is 2.84. The van der Waals surface area contributed by atoms with Gasteiger partial charge in [-0.25, -0.2) is 0 Å². The van der Waals surface area contributed by atoms with Crippen LogP contribution < -0.4 is 5.43 Å². The molecule has 0 bridgehead atoms. The van der Waals surface area contributed by atoms with Crippen molar-refractivity contribution >= 4 is 0 Å². The van der Waals surface area contributed by atoms with Gasteiger partial charge >= 0.3 is 0 Å². The molecule has 1 nitrogen and oxygen atoms in total. The normalized spacial score (nSPS) is 11.3. The summed E-state index contributed by atoms with van der Waals surface area (Å²) in [4.78, 5) is 11.4. The first kappa shape index (κ1) is 8.24. The zero-order valence-electron chi connectivity index (χ0n) is 7.87. The van der Waals surface area contributed by atoms with E-state index in [0.717, 1.165) is 16.7 Å². The van der Waals surface area contributed by atoms with Crippen LogP contribution in [0.25, 0.3) is 11.1 Å². The third kappa shape index (κ3) is 1.31. The van der Waals surface area contributed by atoms with E-state index in [1.165, 1.54) is 0 Å². The van der Waals surface area contributed by atoms with Gasteiger partial charge in [-0.05, 0) is 11.5 Å². The van der Waals surface area contributed by atoms with E-state index in [9.17, 15) is 4.79 Å². The smallest absolute Gasteiger partial charge is 0.191 e. The van der Waals surface area contributed by atoms with Crippen LogP contribution in [0.5, 0.6) is 0 Å². The minimum absolute atomic E-state index is 0.251. The molecule has 0 aliphatic rings. The molecule has 0 fully saturated rings. The third-order valence-electron chi connectivity index (χ3n) is 2.32. The molecule has 0 N–H and O–H groups in total. The molecule has 2 aromatic rings. The largest absolute Gasteiger partial charge is 0.289 e. The molecule has 0 aliphatic heterocycles. The van der Waals surface area contributed by atoms with Crippen molar-refractivity contribution in [1.82, 2.24) is 0 Å². The van der Waals surface area contributed by atoms with Crippen molar-refractivity contribution in [2.24, 2.45) is 0 Å². The van der Waals surface area contributed by atoms with E-state index in [2.05, 4.69) is 13.8 Å². The van der Waals surface area contributed by atoms with Crippen molar-refractivity contribution in [3.05, 3.63) is 46.1 Å². The van der Waals surface area contributed by atoms with Crippen molar-refractivity contribution in [2.75, 3.05) is 0 Å². The Balaban J connectivity index is 2.39. The molecule has 66 valence electrons. The lowest BCUT2D eigenvalue weighted by Gasteiger charge is -1.93. The SMILES string of the molecule is CC(C)c1c(-c2ccccc2)c1=O. The fraction of sp³-hybridized carbons (Fsp3) is 0.250. The maximum absolute atomic E-state index is 11.4. The number of benzene rings is 1. The lowest BCUT2D eigenvalue weighted by molar-refractivity contribution is 0.888. The Kier molecular flexibility index (Phi) is 1.80. The van der Waals surface area contributed by atoms with Crippen LogP contribution in [-0.2, 0) is 0 Å². The van der Waals surface area contributed by atoms with Crippen LogP contribution in [0.3, 0.4) is 0 Å². The molecule has 0 amide bonds. The van der Waals surface area contributed by atoms with Gasteiger partial charge in [-0.3, -0.25) is 4.79 Å². The molecule has 13 heavy (non-hydrogen) atoms. The maximum Gasteiger partial charge on any atom is 0.191 e. The Morgan fingerprint density at radius 2 is 1.69 bits per heavy atom. The van der Waals surface area contributed by atoms with Crippen LogP contribution in [0.1, 0.15) is 25.3 Å². The average molecular weight is 172 g/mol. The van der Waals surface area contributed by atoms with Crippen molar-refractivity contribution in [1.29, 1.82) is 0 Å². The molecule has 0 atom stereocenters. The highest BCUT2D eigenvalue weighted by atomic mass is 16.1. The summed E-state index contributed by atoms with van der Waals surface area (Å²) in [6.45, 7) is 4.12. The van der Waals surface area contributed by atoms with Crippen molar-refractivity contribution in [3.8, 4) is 11.1 Å². The van der Waals surface area contributed by atoms with Gasteiger partial charge in [-0.1, -0.05) is 44.2 Å². The first-order valence-corrected chi connectivity index (χ1v) is 4.56. The number of rotatable bonds is 2. The van der Waals surface area contributed by atoms with E-state index in [-0.39, 0.29) is 5.43 Å². The summed E-state index contributed by atoms with van der Waals surface area (Å²) in [5, 5.41) is 0. The Morgan fingerprint density at radius 3 is 2.15 bits per heavy atom. The van der Waals surface area contributed by atoms with Crippen LogP contribution in [0.2, 0.25) is 0 Å². The molecular formula is C12H12O. The summed E-state index contributed by atoms with van der Waals surface area (Å²) >= 11 is 0. The fourth-order valence-corrected chi connectivity index (χ4v) is 1.63. The van der Waals surface area contributed by atoms with Gasteiger partial charge in [0, 0.05) is 11.1 Å². The molecule has 2 rings (SSSR count). The predicted octanol–water partition coefficient (Wildman–Crippen LogP) is 2.71. The average Bonchev–Trinajstić information content (AvgIpc) is 2.79. The zero-order chi connectivity index (χ0) is 9.42. The van der Waals surface area contributed by atoms with Gasteiger partial charge in [0.1, 0.15) is 0 Å². The maximum atomic E-state index is 11.4. The predicted molar refractivity (Wildman–Crippen MR) is 54.6 cm³/mol. The van der Waals surface area contributed by atoms with E-state index in [0.29, 0.717) is 5.92 Å². The van der Waals surface area contributed by atoms with Gasteiger partial charge in [0.05, 0.1) is 0 Å². The van der Waals surface area contributed by atoms with Gasteiger partial charge in [0.25, 0.3) is 0 Å². The topological polar surface area (TPSA) is 17.1 Å². The summed E-state index contributed by atoms with van der Waals surface area (Å²) < 4.78 is 0. The molecule has 0 saturated heterocycles. The van der Waals surface area contributed by atoms with Gasteiger partial charge in [-0.15, -0.1) is 0 Å². The molecule has 0 saturated carbocycles. The number of hydrogen-bond acceptors (Lipinski definition) is 1. The Hall–Kier alpha value is -1.37. The molecule has 0 heterocycles. The van der Waals surface area contributed by atoms with E-state index >= 15 is 0 Å². The minimum Gasteiger partial charge on any atom is -0.289 e. The first-order chi connectivity index (χ1) is 6.22. The molecule has 0 unspecified atom stereocenters. The minimum atomic E-state index is 0.251.